The number of nitrogens with zero attached hydrogens (tertiary/aromatic N) is 2. The van der Waals surface area contributed by atoms with Crippen LogP contribution in [0.15, 0.2) is 18.2 Å². The number of hydrogen-bond donors (Lipinski definition) is 0. The van der Waals surface area contributed by atoms with E-state index in [2.05, 4.69) is 6.07 Å². The molecule has 0 N–H and O–H groups in total. The molecule has 0 radical (unpaired) electrons. The van der Waals surface area contributed by atoms with Gasteiger partial charge in [-0.25, -0.2) is 0 Å². The Morgan fingerprint density at radius 1 is 0.917 bits per heavy atom. The normalized spacial score (nSPS) is 19.4. The molecule has 0 aliphatic carbocycles. The molecular formula is C20H28N2O2. The molecule has 2 amide bonds. The predicted molar refractivity (Wildman–Crippen MR) is 95.0 cm³/mol. The number of carbonyl (C=O) groups is 2. The minimum atomic E-state index is 0.103. The Kier molecular flexibility index (Phi) is 5.22. The third-order valence-electron chi connectivity index (χ3n) is 5.41. The minimum Gasteiger partial charge on any atom is -0.342 e. The van der Waals surface area contributed by atoms with E-state index in [-0.39, 0.29) is 11.8 Å². The van der Waals surface area contributed by atoms with Crippen molar-refractivity contribution < 1.29 is 9.59 Å². The molecule has 0 unspecified atom stereocenters. The summed E-state index contributed by atoms with van der Waals surface area (Å²) >= 11 is 0. The largest absolute Gasteiger partial charge is 0.342 e. The van der Waals surface area contributed by atoms with Crippen LogP contribution in [0.25, 0.3) is 0 Å². The Morgan fingerprint density at radius 3 is 2.21 bits per heavy atom. The van der Waals surface area contributed by atoms with E-state index in [0.29, 0.717) is 19.0 Å². The van der Waals surface area contributed by atoms with Gasteiger partial charge in [0.05, 0.1) is 0 Å². The third kappa shape index (κ3) is 3.63. The van der Waals surface area contributed by atoms with Gasteiger partial charge in [-0.05, 0) is 57.6 Å². The molecule has 2 fully saturated rings. The van der Waals surface area contributed by atoms with Crippen molar-refractivity contribution in [3.8, 4) is 0 Å². The van der Waals surface area contributed by atoms with Gasteiger partial charge >= 0.3 is 0 Å². The zero-order chi connectivity index (χ0) is 17.1. The number of likely N-dealkylation sites (tertiary alicyclic amines) is 2. The van der Waals surface area contributed by atoms with Crippen LogP contribution in [0.5, 0.6) is 0 Å². The zero-order valence-electron chi connectivity index (χ0n) is 14.9. The van der Waals surface area contributed by atoms with Gasteiger partial charge in [-0.2, -0.15) is 0 Å². The van der Waals surface area contributed by atoms with Crippen molar-refractivity contribution >= 4 is 11.8 Å². The summed E-state index contributed by atoms with van der Waals surface area (Å²) in [6.45, 7) is 7.25. The Bertz CT molecular complexity index is 612. The molecule has 2 aliphatic rings. The van der Waals surface area contributed by atoms with Gasteiger partial charge in [-0.3, -0.25) is 9.59 Å². The molecule has 2 aliphatic heterocycles. The summed E-state index contributed by atoms with van der Waals surface area (Å²) in [4.78, 5) is 29.3. The Hall–Kier alpha value is -1.84. The quantitative estimate of drug-likeness (QED) is 0.837. The highest BCUT2D eigenvalue weighted by Crippen LogP contribution is 2.24. The Balaban J connectivity index is 1.58. The summed E-state index contributed by atoms with van der Waals surface area (Å²) in [5.74, 6) is 0.524. The lowest BCUT2D eigenvalue weighted by Crippen LogP contribution is -2.45. The highest BCUT2D eigenvalue weighted by Gasteiger charge is 2.31. The standard InChI is InChI=1S/C20H28N2O2/c1-15-6-7-18(16(2)14-15)20(24)22-12-8-17(9-13-22)19(23)21-10-4-3-5-11-21/h6-7,14,17H,3-5,8-13H2,1-2H3. The lowest BCUT2D eigenvalue weighted by atomic mass is 9.93. The van der Waals surface area contributed by atoms with Crippen molar-refractivity contribution in [2.45, 2.75) is 46.0 Å². The fourth-order valence-electron chi connectivity index (χ4n) is 3.93. The van der Waals surface area contributed by atoms with E-state index in [4.69, 9.17) is 0 Å². The number of amides is 2. The molecule has 3 rings (SSSR count). The highest BCUT2D eigenvalue weighted by atomic mass is 16.2. The topological polar surface area (TPSA) is 40.6 Å². The fourth-order valence-corrected chi connectivity index (χ4v) is 3.93. The third-order valence-corrected chi connectivity index (χ3v) is 5.41. The van der Waals surface area contributed by atoms with Gasteiger partial charge in [0, 0.05) is 37.7 Å². The number of aryl methyl sites for hydroxylation is 2. The molecule has 0 atom stereocenters. The molecule has 0 bridgehead atoms. The van der Waals surface area contributed by atoms with Crippen molar-refractivity contribution in [3.05, 3.63) is 34.9 Å². The highest BCUT2D eigenvalue weighted by molar-refractivity contribution is 5.96. The first-order chi connectivity index (χ1) is 11.6. The second-order valence-electron chi connectivity index (χ2n) is 7.27. The van der Waals surface area contributed by atoms with Gasteiger partial charge < -0.3 is 9.80 Å². The molecule has 2 saturated heterocycles. The molecule has 1 aromatic rings. The van der Waals surface area contributed by atoms with Crippen LogP contribution in [0.2, 0.25) is 0 Å². The van der Waals surface area contributed by atoms with E-state index in [9.17, 15) is 9.59 Å². The average molecular weight is 328 g/mol. The Labute approximate surface area is 144 Å². The maximum atomic E-state index is 12.7. The van der Waals surface area contributed by atoms with Crippen LogP contribution in [0.4, 0.5) is 0 Å². The van der Waals surface area contributed by atoms with E-state index in [0.717, 1.165) is 49.9 Å². The van der Waals surface area contributed by atoms with E-state index in [1.807, 2.05) is 35.8 Å². The lowest BCUT2D eigenvalue weighted by molar-refractivity contribution is -0.137. The molecule has 0 spiro atoms. The van der Waals surface area contributed by atoms with Gasteiger partial charge in [0.2, 0.25) is 5.91 Å². The number of hydrogen-bond acceptors (Lipinski definition) is 2. The van der Waals surface area contributed by atoms with Crippen molar-refractivity contribution in [1.82, 2.24) is 9.80 Å². The summed E-state index contributed by atoms with van der Waals surface area (Å²) < 4.78 is 0. The molecule has 0 aromatic heterocycles. The monoisotopic (exact) mass is 328 g/mol. The Morgan fingerprint density at radius 2 is 1.58 bits per heavy atom. The molecule has 0 saturated carbocycles. The van der Waals surface area contributed by atoms with Crippen LogP contribution in [0, 0.1) is 19.8 Å². The summed E-state index contributed by atoms with van der Waals surface area (Å²) in [5.41, 5.74) is 3.00. The van der Waals surface area contributed by atoms with Crippen molar-refractivity contribution in [2.75, 3.05) is 26.2 Å². The van der Waals surface area contributed by atoms with Gasteiger partial charge in [0.25, 0.3) is 5.91 Å². The molecular weight excluding hydrogens is 300 g/mol. The van der Waals surface area contributed by atoms with Crippen molar-refractivity contribution in [3.63, 3.8) is 0 Å². The number of rotatable bonds is 2. The van der Waals surface area contributed by atoms with E-state index in [1.165, 1.54) is 12.0 Å². The lowest BCUT2D eigenvalue weighted by Gasteiger charge is -2.35. The predicted octanol–water partition coefficient (Wildman–Crippen LogP) is 3.17. The van der Waals surface area contributed by atoms with Crippen LogP contribution in [0.1, 0.15) is 53.6 Å². The van der Waals surface area contributed by atoms with Crippen LogP contribution in [-0.2, 0) is 4.79 Å². The van der Waals surface area contributed by atoms with E-state index in [1.54, 1.807) is 0 Å². The first kappa shape index (κ1) is 17.0. The maximum absolute atomic E-state index is 12.7. The van der Waals surface area contributed by atoms with E-state index >= 15 is 0 Å². The van der Waals surface area contributed by atoms with Gasteiger partial charge in [-0.15, -0.1) is 0 Å². The summed E-state index contributed by atoms with van der Waals surface area (Å²) in [6.07, 6.45) is 5.11. The number of piperidine rings is 2. The molecule has 4 heteroatoms. The first-order valence-corrected chi connectivity index (χ1v) is 9.21. The maximum Gasteiger partial charge on any atom is 0.254 e. The minimum absolute atomic E-state index is 0.103. The van der Waals surface area contributed by atoms with E-state index < -0.39 is 0 Å². The molecule has 2 heterocycles. The van der Waals surface area contributed by atoms with Crippen LogP contribution < -0.4 is 0 Å². The van der Waals surface area contributed by atoms with Crippen LogP contribution in [-0.4, -0.2) is 47.8 Å². The van der Waals surface area contributed by atoms with Gasteiger partial charge in [0.15, 0.2) is 0 Å². The van der Waals surface area contributed by atoms with Gasteiger partial charge in [-0.1, -0.05) is 17.7 Å². The van der Waals surface area contributed by atoms with Gasteiger partial charge in [0.1, 0.15) is 0 Å². The molecule has 1 aromatic carbocycles. The SMILES string of the molecule is Cc1ccc(C(=O)N2CCC(C(=O)N3CCCCC3)CC2)c(C)c1. The van der Waals surface area contributed by atoms with Crippen molar-refractivity contribution in [2.24, 2.45) is 5.92 Å². The second-order valence-corrected chi connectivity index (χ2v) is 7.27. The number of carbonyl (C=O) groups excluding carboxylic acids is 2. The summed E-state index contributed by atoms with van der Waals surface area (Å²) in [5, 5.41) is 0. The smallest absolute Gasteiger partial charge is 0.254 e. The summed E-state index contributed by atoms with van der Waals surface area (Å²) in [6, 6.07) is 5.98. The van der Waals surface area contributed by atoms with Crippen LogP contribution in [0.3, 0.4) is 0 Å². The zero-order valence-corrected chi connectivity index (χ0v) is 14.9. The number of benzene rings is 1. The molecule has 4 nitrogen and oxygen atoms in total. The fraction of sp³-hybridized carbons (Fsp3) is 0.600. The average Bonchev–Trinajstić information content (AvgIpc) is 2.61. The summed E-state index contributed by atoms with van der Waals surface area (Å²) in [7, 11) is 0. The molecule has 24 heavy (non-hydrogen) atoms. The second kappa shape index (κ2) is 7.37. The molecule has 130 valence electrons. The van der Waals surface area contributed by atoms with Crippen molar-refractivity contribution in [1.29, 1.82) is 0 Å². The first-order valence-electron chi connectivity index (χ1n) is 9.21. The van der Waals surface area contributed by atoms with Crippen LogP contribution >= 0.6 is 0 Å².